The normalized spacial score (nSPS) is 32.0. The minimum absolute atomic E-state index is 0. The molecule has 0 bridgehead atoms. The first-order valence-electron chi connectivity index (χ1n) is 5.99. The molecule has 1 aliphatic rings. The third kappa shape index (κ3) is 7.77. The average molecular weight is 397 g/mol. The Hall–Kier alpha value is 0.906. The first-order chi connectivity index (χ1) is 10.2. The molecule has 0 aromatic heterocycles. The van der Waals surface area contributed by atoms with Crippen molar-refractivity contribution in [1.29, 1.82) is 0 Å². The summed E-state index contributed by atoms with van der Waals surface area (Å²) >= 11 is 0.660. The van der Waals surface area contributed by atoms with Gasteiger partial charge in [0.2, 0.25) is 0 Å². The zero-order valence-electron chi connectivity index (χ0n) is 12.2. The van der Waals surface area contributed by atoms with Crippen LogP contribution in [0.1, 0.15) is 6.42 Å². The minimum Gasteiger partial charge on any atom is -0.714 e. The fraction of sp³-hybridized carbons (Fsp3) is 0.700. The van der Waals surface area contributed by atoms with Crippen molar-refractivity contribution >= 4 is 27.2 Å². The number of aliphatic hydroxyl groups is 4. The molecule has 13 heteroatoms. The van der Waals surface area contributed by atoms with E-state index in [4.69, 9.17) is 9.84 Å². The first kappa shape index (κ1) is 23.9. The average Bonchev–Trinajstić information content (AvgIpc) is 2.44. The number of thioether (sulfide) groups is 1. The molecule has 4 N–H and O–H groups in total. The molecule has 1 rings (SSSR count). The Bertz CT molecular complexity index is 512. The van der Waals surface area contributed by atoms with Crippen molar-refractivity contribution in [2.24, 2.45) is 5.16 Å². The zero-order valence-corrected chi connectivity index (χ0v) is 16.9. The van der Waals surface area contributed by atoms with Crippen LogP contribution in [-0.2, 0) is 19.4 Å². The molecule has 0 aromatic carbocycles. The van der Waals surface area contributed by atoms with Crippen molar-refractivity contribution < 1.29 is 93.8 Å². The Morgan fingerprint density at radius 3 is 2.43 bits per heavy atom. The quantitative estimate of drug-likeness (QED) is 0.0647. The maximum Gasteiger partial charge on any atom is 1.00 e. The van der Waals surface area contributed by atoms with Gasteiger partial charge in [-0.1, -0.05) is 23.0 Å². The molecule has 1 saturated heterocycles. The van der Waals surface area contributed by atoms with E-state index in [-0.39, 0.29) is 62.8 Å². The van der Waals surface area contributed by atoms with Gasteiger partial charge in [0.05, 0.1) is 6.61 Å². The van der Waals surface area contributed by atoms with E-state index in [1.54, 1.807) is 0 Å². The second-order valence-corrected chi connectivity index (χ2v) is 6.41. The van der Waals surface area contributed by atoms with E-state index >= 15 is 0 Å². The summed E-state index contributed by atoms with van der Waals surface area (Å²) in [5.41, 5.74) is -1.17. The smallest absolute Gasteiger partial charge is 0.714 e. The van der Waals surface area contributed by atoms with Gasteiger partial charge >= 0.3 is 51.4 Å². The van der Waals surface area contributed by atoms with Crippen LogP contribution < -0.4 is 51.4 Å². The Morgan fingerprint density at radius 2 is 1.96 bits per heavy atom. The first-order valence-corrected chi connectivity index (χ1v) is 8.20. The fourth-order valence-corrected chi connectivity index (χ4v) is 2.91. The molecule has 0 unspecified atom stereocenters. The van der Waals surface area contributed by atoms with Crippen LogP contribution in [0.5, 0.6) is 0 Å². The Balaban J connectivity index is 0.00000484. The number of oxime groups is 1. The van der Waals surface area contributed by atoms with Gasteiger partial charge in [0.15, 0.2) is 0 Å². The summed E-state index contributed by atoms with van der Waals surface area (Å²) in [6.45, 7) is 2.80. The third-order valence-electron chi connectivity index (χ3n) is 2.65. The van der Waals surface area contributed by atoms with Crippen LogP contribution in [0.3, 0.4) is 0 Å². The Morgan fingerprint density at radius 1 is 1.35 bits per heavy atom. The van der Waals surface area contributed by atoms with E-state index < -0.39 is 46.9 Å². The van der Waals surface area contributed by atoms with Gasteiger partial charge in [-0.05, 0) is 0 Å². The molecule has 0 amide bonds. The zero-order chi connectivity index (χ0) is 16.9. The molecule has 0 radical (unpaired) electrons. The summed E-state index contributed by atoms with van der Waals surface area (Å²) in [5.74, 6) is 0. The molecule has 128 valence electrons. The molecular formula is C10H16KNO9S2. The summed E-state index contributed by atoms with van der Waals surface area (Å²) in [4.78, 5) is 0. The summed E-state index contributed by atoms with van der Waals surface area (Å²) in [7, 11) is -5.04. The van der Waals surface area contributed by atoms with Crippen LogP contribution in [0.2, 0.25) is 0 Å². The van der Waals surface area contributed by atoms with Gasteiger partial charge in [0.1, 0.15) is 34.9 Å². The molecular weight excluding hydrogens is 381 g/mol. The maximum atomic E-state index is 10.4. The standard InChI is InChI=1S/C10H17NO9S2.K/c1-2-3-6(11-20-22(16,17)18)21-10-9(15)8(14)7(13)5(4-12)19-10;/h2,5,7-10,12-15H,1,3-4H2,(H,16,17,18);/q;+1/p-1/b11-6+;/t5-,7-,8+,9-,10+;/m0./s1. The van der Waals surface area contributed by atoms with Crippen molar-refractivity contribution in [3.63, 3.8) is 0 Å². The fourth-order valence-electron chi connectivity index (χ4n) is 1.62. The van der Waals surface area contributed by atoms with Gasteiger partial charge in [0, 0.05) is 6.42 Å². The molecule has 10 nitrogen and oxygen atoms in total. The van der Waals surface area contributed by atoms with Gasteiger partial charge < -0.3 is 29.7 Å². The van der Waals surface area contributed by atoms with Crippen LogP contribution in [0.25, 0.3) is 0 Å². The van der Waals surface area contributed by atoms with Crippen LogP contribution in [-0.4, -0.2) is 74.9 Å². The van der Waals surface area contributed by atoms with Crippen molar-refractivity contribution in [3.8, 4) is 0 Å². The third-order valence-corrected chi connectivity index (χ3v) is 4.04. The van der Waals surface area contributed by atoms with E-state index in [0.29, 0.717) is 11.8 Å². The molecule has 1 aliphatic heterocycles. The van der Waals surface area contributed by atoms with Crippen molar-refractivity contribution in [2.45, 2.75) is 36.3 Å². The van der Waals surface area contributed by atoms with Crippen LogP contribution >= 0.6 is 11.8 Å². The Kier molecular flexibility index (Phi) is 11.2. The number of aliphatic hydroxyl groups excluding tert-OH is 4. The molecule has 0 spiro atoms. The number of nitrogens with zero attached hydrogens (tertiary/aromatic N) is 1. The summed E-state index contributed by atoms with van der Waals surface area (Å²) in [6.07, 6.45) is -4.44. The molecule has 1 heterocycles. The molecule has 0 aromatic rings. The van der Waals surface area contributed by atoms with Crippen molar-refractivity contribution in [3.05, 3.63) is 12.7 Å². The van der Waals surface area contributed by atoms with Crippen LogP contribution in [0.15, 0.2) is 17.8 Å². The number of ether oxygens (including phenoxy) is 1. The predicted molar refractivity (Wildman–Crippen MR) is 74.4 cm³/mol. The Labute approximate surface area is 179 Å². The molecule has 5 atom stereocenters. The second kappa shape index (κ2) is 10.8. The SMILES string of the molecule is C=CC/C(=N\OS(=O)(=O)[O-])S[C@H]1O[C@@H](CO)[C@H](O)[C@@H](O)[C@@H]1O.[K+]. The van der Waals surface area contributed by atoms with E-state index in [2.05, 4.69) is 16.0 Å². The topological polar surface area (TPSA) is 169 Å². The van der Waals surface area contributed by atoms with E-state index in [1.165, 1.54) is 6.08 Å². The van der Waals surface area contributed by atoms with Gasteiger partial charge in [-0.3, -0.25) is 4.28 Å². The van der Waals surface area contributed by atoms with E-state index in [9.17, 15) is 28.3 Å². The molecule has 23 heavy (non-hydrogen) atoms. The van der Waals surface area contributed by atoms with Crippen LogP contribution in [0.4, 0.5) is 0 Å². The monoisotopic (exact) mass is 397 g/mol. The van der Waals surface area contributed by atoms with Gasteiger partial charge in [-0.15, -0.1) is 6.58 Å². The number of hydrogen-bond donors (Lipinski definition) is 4. The molecule has 0 saturated carbocycles. The molecule has 0 aliphatic carbocycles. The van der Waals surface area contributed by atoms with Crippen molar-refractivity contribution in [1.82, 2.24) is 0 Å². The van der Waals surface area contributed by atoms with Crippen molar-refractivity contribution in [2.75, 3.05) is 6.61 Å². The predicted octanol–water partition coefficient (Wildman–Crippen LogP) is -5.11. The summed E-state index contributed by atoms with van der Waals surface area (Å²) in [6, 6.07) is 0. The largest absolute Gasteiger partial charge is 1.00 e. The number of rotatable bonds is 6. The van der Waals surface area contributed by atoms with Crippen LogP contribution in [0, 0.1) is 0 Å². The number of hydrogen-bond acceptors (Lipinski definition) is 11. The van der Waals surface area contributed by atoms with E-state index in [0.717, 1.165) is 0 Å². The minimum atomic E-state index is -5.04. The van der Waals surface area contributed by atoms with E-state index in [1.807, 2.05) is 0 Å². The summed E-state index contributed by atoms with van der Waals surface area (Å²) in [5, 5.41) is 41.2. The van der Waals surface area contributed by atoms with Gasteiger partial charge in [-0.2, -0.15) is 8.42 Å². The van der Waals surface area contributed by atoms with Gasteiger partial charge in [-0.25, -0.2) is 0 Å². The number of allylic oxidation sites excluding steroid dienone is 1. The summed E-state index contributed by atoms with van der Waals surface area (Å²) < 4.78 is 40.1. The molecule has 1 fully saturated rings. The maximum absolute atomic E-state index is 10.4. The second-order valence-electron chi connectivity index (χ2n) is 4.28. The van der Waals surface area contributed by atoms with Gasteiger partial charge in [0.25, 0.3) is 10.4 Å².